The summed E-state index contributed by atoms with van der Waals surface area (Å²) in [6.07, 6.45) is 11.7. The number of ketones is 1. The maximum absolute atomic E-state index is 11.9. The van der Waals surface area contributed by atoms with Gasteiger partial charge in [0.25, 0.3) is 0 Å². The number of ether oxygens (including phenoxy) is 2. The molecule has 0 unspecified atom stereocenters. The number of carbonyl (C=O) groups is 1. The molecule has 136 valence electrons. The number of allylic oxidation sites excluding steroid dienone is 4. The van der Waals surface area contributed by atoms with Gasteiger partial charge in [0, 0.05) is 17.3 Å². The molecule has 25 heavy (non-hydrogen) atoms. The number of carbonyl (C=O) groups excluding carboxylic acids is 1. The third kappa shape index (κ3) is 1.92. The summed E-state index contributed by atoms with van der Waals surface area (Å²) in [5.74, 6) is 2.49. The third-order valence-electron chi connectivity index (χ3n) is 8.70. The highest BCUT2D eigenvalue weighted by Crippen LogP contribution is 2.69. The largest absolute Gasteiger partial charge is 0.347 e. The lowest BCUT2D eigenvalue weighted by atomic mass is 9.46. The molecule has 4 aliphatic carbocycles. The van der Waals surface area contributed by atoms with Crippen LogP contribution in [0.3, 0.4) is 0 Å². The first-order valence-electron chi connectivity index (χ1n) is 10.1. The van der Waals surface area contributed by atoms with Gasteiger partial charge in [-0.05, 0) is 61.5 Å². The van der Waals surface area contributed by atoms with Crippen molar-refractivity contribution in [2.75, 3.05) is 13.2 Å². The molecule has 4 fully saturated rings. The van der Waals surface area contributed by atoms with Crippen molar-refractivity contribution in [2.24, 2.45) is 34.5 Å². The second-order valence-corrected chi connectivity index (χ2v) is 9.60. The molecule has 0 aromatic rings. The van der Waals surface area contributed by atoms with Crippen molar-refractivity contribution < 1.29 is 14.3 Å². The Bertz CT molecular complexity index is 671. The van der Waals surface area contributed by atoms with Crippen LogP contribution in [0.4, 0.5) is 0 Å². The van der Waals surface area contributed by atoms with Gasteiger partial charge in [-0.3, -0.25) is 4.79 Å². The predicted molar refractivity (Wildman–Crippen MR) is 95.8 cm³/mol. The Hall–Kier alpha value is -0.930. The molecule has 3 nitrogen and oxygen atoms in total. The van der Waals surface area contributed by atoms with E-state index in [9.17, 15) is 4.79 Å². The van der Waals surface area contributed by atoms with Crippen molar-refractivity contribution >= 4 is 5.78 Å². The van der Waals surface area contributed by atoms with E-state index in [0.29, 0.717) is 23.7 Å². The minimum absolute atomic E-state index is 0.0690. The van der Waals surface area contributed by atoms with Crippen LogP contribution in [0.2, 0.25) is 0 Å². The Labute approximate surface area is 150 Å². The number of rotatable bonds is 0. The molecule has 3 saturated carbocycles. The standard InChI is InChI=1S/C22H30O3/c1-14-12-15-13-16(23)4-7-20(15,2)17-5-8-21(3)18(19(14)17)6-9-22(21)24-10-11-25-22/h4,7,13-14,17-19H,5-6,8-12H2,1-3H3/t14-,17+,18+,19-,20+,21-/m1/s1. The monoisotopic (exact) mass is 342 g/mol. The molecular weight excluding hydrogens is 312 g/mol. The average Bonchev–Trinajstić information content (AvgIpc) is 3.17. The van der Waals surface area contributed by atoms with Crippen molar-refractivity contribution in [3.63, 3.8) is 0 Å². The van der Waals surface area contributed by atoms with E-state index in [1.165, 1.54) is 24.8 Å². The van der Waals surface area contributed by atoms with Gasteiger partial charge >= 0.3 is 0 Å². The number of hydrogen-bond donors (Lipinski definition) is 0. The van der Waals surface area contributed by atoms with Crippen molar-refractivity contribution in [1.29, 1.82) is 0 Å². The van der Waals surface area contributed by atoms with E-state index in [2.05, 4.69) is 26.8 Å². The maximum Gasteiger partial charge on any atom is 0.178 e. The van der Waals surface area contributed by atoms with E-state index in [1.807, 2.05) is 12.2 Å². The molecular formula is C22H30O3. The first-order chi connectivity index (χ1) is 11.9. The van der Waals surface area contributed by atoms with Crippen molar-refractivity contribution in [3.05, 3.63) is 23.8 Å². The Kier molecular flexibility index (Phi) is 3.30. The summed E-state index contributed by atoms with van der Waals surface area (Å²) in [6.45, 7) is 8.73. The summed E-state index contributed by atoms with van der Waals surface area (Å²) in [7, 11) is 0. The molecule has 0 aromatic carbocycles. The molecule has 6 atom stereocenters. The molecule has 1 aliphatic heterocycles. The van der Waals surface area contributed by atoms with E-state index in [1.54, 1.807) is 0 Å². The predicted octanol–water partition coefficient (Wildman–Crippen LogP) is 4.28. The van der Waals surface area contributed by atoms with Gasteiger partial charge in [0.1, 0.15) is 0 Å². The van der Waals surface area contributed by atoms with Crippen LogP contribution in [0, 0.1) is 34.5 Å². The highest BCUT2D eigenvalue weighted by molar-refractivity contribution is 6.01. The lowest BCUT2D eigenvalue weighted by Crippen LogP contribution is -2.56. The zero-order valence-corrected chi connectivity index (χ0v) is 15.7. The molecule has 5 rings (SSSR count). The van der Waals surface area contributed by atoms with Gasteiger partial charge in [-0.1, -0.05) is 32.4 Å². The first kappa shape index (κ1) is 16.3. The van der Waals surface area contributed by atoms with Gasteiger partial charge < -0.3 is 9.47 Å². The molecule has 5 aliphatic rings. The lowest BCUT2D eigenvalue weighted by Gasteiger charge is -2.59. The number of fused-ring (bicyclic) bond motifs is 6. The van der Waals surface area contributed by atoms with Crippen LogP contribution in [-0.2, 0) is 14.3 Å². The van der Waals surface area contributed by atoms with Crippen LogP contribution in [0.5, 0.6) is 0 Å². The van der Waals surface area contributed by atoms with E-state index in [4.69, 9.17) is 9.47 Å². The fourth-order valence-corrected chi connectivity index (χ4v) is 7.44. The Morgan fingerprint density at radius 1 is 1.08 bits per heavy atom. The highest BCUT2D eigenvalue weighted by atomic mass is 16.7. The Balaban J connectivity index is 1.54. The highest BCUT2D eigenvalue weighted by Gasteiger charge is 2.67. The van der Waals surface area contributed by atoms with Gasteiger partial charge in [0.05, 0.1) is 13.2 Å². The van der Waals surface area contributed by atoms with Crippen molar-refractivity contribution in [1.82, 2.24) is 0 Å². The quantitative estimate of drug-likeness (QED) is 0.659. The topological polar surface area (TPSA) is 35.5 Å². The van der Waals surface area contributed by atoms with Gasteiger partial charge in [0.15, 0.2) is 11.6 Å². The molecule has 0 aromatic heterocycles. The molecule has 0 radical (unpaired) electrons. The SMILES string of the molecule is C[C@@H]1CC2=CC(=O)C=C[C@]2(C)[C@H]2CC[C@]3(C)[C@@H](CCC34OCCO4)[C@H]12. The summed E-state index contributed by atoms with van der Waals surface area (Å²) < 4.78 is 12.5. The summed E-state index contributed by atoms with van der Waals surface area (Å²) in [6, 6.07) is 0. The zero-order chi connectivity index (χ0) is 17.4. The summed E-state index contributed by atoms with van der Waals surface area (Å²) >= 11 is 0. The van der Waals surface area contributed by atoms with Crippen LogP contribution >= 0.6 is 0 Å². The summed E-state index contributed by atoms with van der Waals surface area (Å²) in [5, 5.41) is 0. The molecule has 1 saturated heterocycles. The Morgan fingerprint density at radius 3 is 2.56 bits per heavy atom. The maximum atomic E-state index is 11.9. The van der Waals surface area contributed by atoms with E-state index in [0.717, 1.165) is 26.1 Å². The zero-order valence-electron chi connectivity index (χ0n) is 15.7. The van der Waals surface area contributed by atoms with Crippen molar-refractivity contribution in [2.45, 2.75) is 58.7 Å². The number of hydrogen-bond acceptors (Lipinski definition) is 3. The van der Waals surface area contributed by atoms with E-state index in [-0.39, 0.29) is 22.4 Å². The molecule has 0 bridgehead atoms. The fourth-order valence-electron chi connectivity index (χ4n) is 7.44. The van der Waals surface area contributed by atoms with Gasteiger partial charge in [-0.25, -0.2) is 0 Å². The van der Waals surface area contributed by atoms with Gasteiger partial charge in [-0.15, -0.1) is 0 Å². The smallest absolute Gasteiger partial charge is 0.178 e. The Morgan fingerprint density at radius 2 is 1.80 bits per heavy atom. The third-order valence-corrected chi connectivity index (χ3v) is 8.70. The molecule has 0 N–H and O–H groups in total. The normalized spacial score (nSPS) is 50.4. The molecule has 1 spiro atoms. The van der Waals surface area contributed by atoms with Crippen LogP contribution in [0.1, 0.15) is 52.9 Å². The van der Waals surface area contributed by atoms with Gasteiger partial charge in [-0.2, -0.15) is 0 Å². The molecule has 1 heterocycles. The molecule has 3 heteroatoms. The molecule has 0 amide bonds. The minimum atomic E-state index is -0.322. The van der Waals surface area contributed by atoms with Crippen LogP contribution in [0.15, 0.2) is 23.8 Å². The average molecular weight is 342 g/mol. The van der Waals surface area contributed by atoms with Crippen LogP contribution < -0.4 is 0 Å². The first-order valence-corrected chi connectivity index (χ1v) is 10.1. The van der Waals surface area contributed by atoms with Gasteiger partial charge in [0.2, 0.25) is 0 Å². The van der Waals surface area contributed by atoms with E-state index >= 15 is 0 Å². The van der Waals surface area contributed by atoms with Crippen LogP contribution in [-0.4, -0.2) is 24.8 Å². The van der Waals surface area contributed by atoms with E-state index < -0.39 is 0 Å². The van der Waals surface area contributed by atoms with Crippen molar-refractivity contribution in [3.8, 4) is 0 Å². The summed E-state index contributed by atoms with van der Waals surface area (Å²) in [4.78, 5) is 11.9. The second-order valence-electron chi connectivity index (χ2n) is 9.60. The fraction of sp³-hybridized carbons (Fsp3) is 0.773. The second kappa shape index (κ2) is 5.07. The summed E-state index contributed by atoms with van der Waals surface area (Å²) in [5.41, 5.74) is 1.59. The lowest BCUT2D eigenvalue weighted by molar-refractivity contribution is -0.244. The van der Waals surface area contributed by atoms with Crippen LogP contribution in [0.25, 0.3) is 0 Å². The minimum Gasteiger partial charge on any atom is -0.347 e.